The van der Waals surface area contributed by atoms with E-state index in [1.165, 1.54) is 39.5 Å². The fraction of sp³-hybridized carbons (Fsp3) is 0.714. The zero-order valence-corrected chi connectivity index (χ0v) is 39.1. The van der Waals surface area contributed by atoms with Crippen LogP contribution < -0.4 is 16.4 Å². The molecule has 0 saturated carbocycles. The summed E-state index contributed by atoms with van der Waals surface area (Å²) in [5.74, 6) is -1.20. The molecule has 29 heteroatoms. The molecule has 1 fully saturated rings. The molecule has 64 heavy (non-hydrogen) atoms. The number of carbonyl (C=O) groups excluding carboxylic acids is 3. The molecule has 0 spiro atoms. The first-order chi connectivity index (χ1) is 29.9. The Morgan fingerprint density at radius 3 is 2.34 bits per heavy atom. The number of anilines is 1. The summed E-state index contributed by atoms with van der Waals surface area (Å²) in [4.78, 5) is 88.1. The smallest absolute Gasteiger partial charge is 0.389 e. The second kappa shape index (κ2) is 26.0. The van der Waals surface area contributed by atoms with Gasteiger partial charge in [0.05, 0.1) is 25.6 Å². The van der Waals surface area contributed by atoms with Crippen molar-refractivity contribution in [3.05, 3.63) is 24.8 Å². The van der Waals surface area contributed by atoms with E-state index in [-0.39, 0.29) is 48.0 Å². The number of aliphatic hydroxyl groups excluding tert-OH is 3. The number of allylic oxidation sites excluding steroid dienone is 1. The first-order valence-corrected chi connectivity index (χ1v) is 25.8. The molecule has 11 N–H and O–H groups in total. The number of hydrogen-bond acceptors (Lipinski definition) is 19. The fourth-order valence-corrected chi connectivity index (χ4v) is 9.56. The Labute approximate surface area is 373 Å². The third-order valence-electron chi connectivity index (χ3n) is 9.51. The lowest BCUT2D eigenvalue weighted by molar-refractivity contribution is -0.137. The van der Waals surface area contributed by atoms with Gasteiger partial charge in [-0.3, -0.25) is 32.5 Å². The monoisotopic (exact) mass is 991 g/mol. The molecule has 0 aromatic carbocycles. The lowest BCUT2D eigenvalue weighted by atomic mass is 9.87. The topological polar surface area (TPSA) is 384 Å². The van der Waals surface area contributed by atoms with Gasteiger partial charge in [-0.1, -0.05) is 89.6 Å². The Kier molecular flexibility index (Phi) is 22.6. The highest BCUT2D eigenvalue weighted by molar-refractivity contribution is 8.13. The molecule has 1 saturated heterocycles. The molecule has 2 aromatic rings. The van der Waals surface area contributed by atoms with Gasteiger partial charge in [-0.2, -0.15) is 4.31 Å². The third-order valence-corrected chi connectivity index (χ3v) is 13.5. The van der Waals surface area contributed by atoms with Crippen LogP contribution in [0.15, 0.2) is 24.8 Å². The van der Waals surface area contributed by atoms with E-state index in [9.17, 15) is 63.0 Å². The number of aromatic nitrogens is 4. The average molecular weight is 992 g/mol. The predicted molar refractivity (Wildman–Crippen MR) is 229 cm³/mol. The van der Waals surface area contributed by atoms with Crippen molar-refractivity contribution in [1.29, 1.82) is 0 Å². The zero-order valence-electron chi connectivity index (χ0n) is 35.6. The van der Waals surface area contributed by atoms with Crippen LogP contribution in [0.5, 0.6) is 0 Å². The lowest BCUT2D eigenvalue weighted by Crippen LogP contribution is -2.46. The Morgan fingerprint density at radius 2 is 1.66 bits per heavy atom. The summed E-state index contributed by atoms with van der Waals surface area (Å²) in [5, 5.41) is 36.4. The second-order valence-corrected chi connectivity index (χ2v) is 20.8. The molecule has 0 radical (unpaired) electrons. The van der Waals surface area contributed by atoms with E-state index in [0.717, 1.165) is 48.2 Å². The molecule has 1 aliphatic rings. The van der Waals surface area contributed by atoms with Crippen LogP contribution in [0.3, 0.4) is 0 Å². The van der Waals surface area contributed by atoms with Crippen LogP contribution >= 0.6 is 35.2 Å². The average Bonchev–Trinajstić information content (AvgIpc) is 3.77. The number of ether oxygens (including phenoxy) is 1. The molecule has 1 aliphatic heterocycles. The Balaban J connectivity index is 1.37. The first kappa shape index (κ1) is 55.6. The van der Waals surface area contributed by atoms with Crippen molar-refractivity contribution in [2.75, 3.05) is 37.8 Å². The van der Waals surface area contributed by atoms with E-state index in [0.29, 0.717) is 12.2 Å². The number of hydrogen-bond donors (Lipinski definition) is 10. The minimum Gasteiger partial charge on any atom is -0.389 e. The number of rotatable bonds is 30. The van der Waals surface area contributed by atoms with Crippen molar-refractivity contribution in [2.45, 2.75) is 122 Å². The van der Waals surface area contributed by atoms with Gasteiger partial charge in [-0.05, 0) is 6.42 Å². The van der Waals surface area contributed by atoms with Crippen LogP contribution in [-0.2, 0) is 50.7 Å². The fourth-order valence-electron chi connectivity index (χ4n) is 6.08. The van der Waals surface area contributed by atoms with Gasteiger partial charge >= 0.3 is 23.5 Å². The maximum atomic E-state index is 12.7. The molecule has 3 rings (SSSR count). The number of unbranched alkanes of at least 4 members (excludes halogenated alkanes) is 6. The van der Waals surface area contributed by atoms with Crippen molar-refractivity contribution < 1.29 is 85.6 Å². The Morgan fingerprint density at radius 1 is 0.984 bits per heavy atom. The summed E-state index contributed by atoms with van der Waals surface area (Å²) in [6.07, 6.45) is 4.46. The largest absolute Gasteiger partial charge is 0.481 e. The van der Waals surface area contributed by atoms with Crippen molar-refractivity contribution in [1.82, 2.24) is 30.2 Å². The maximum Gasteiger partial charge on any atom is 0.481 e. The second-order valence-electron chi connectivity index (χ2n) is 15.4. The van der Waals surface area contributed by atoms with E-state index in [4.69, 9.17) is 19.5 Å². The molecule has 0 aliphatic carbocycles. The minimum atomic E-state index is -5.58. The van der Waals surface area contributed by atoms with E-state index < -0.39 is 90.7 Å². The molecular weight excluding hydrogens is 931 g/mol. The number of nitrogens with zero attached hydrogens (tertiary/aromatic N) is 4. The molecule has 8 unspecified atom stereocenters. The minimum absolute atomic E-state index is 0.0271. The predicted octanol–water partition coefficient (Wildman–Crippen LogP) is 2.11. The summed E-state index contributed by atoms with van der Waals surface area (Å²) in [6.45, 7) is 2.58. The highest BCUT2D eigenvalue weighted by Gasteiger charge is 2.50. The number of thioether (sulfide) groups is 1. The van der Waals surface area contributed by atoms with E-state index in [1.807, 2.05) is 0 Å². The lowest BCUT2D eigenvalue weighted by Gasteiger charge is -2.30. The van der Waals surface area contributed by atoms with Gasteiger partial charge in [0.1, 0.15) is 36.3 Å². The number of phosphoric acid groups is 3. The molecule has 364 valence electrons. The Bertz CT molecular complexity index is 2010. The van der Waals surface area contributed by atoms with Crippen LogP contribution in [0.2, 0.25) is 0 Å². The van der Waals surface area contributed by atoms with Gasteiger partial charge in [0, 0.05) is 37.1 Å². The molecule has 2 amide bonds. The van der Waals surface area contributed by atoms with Crippen LogP contribution in [0, 0.1) is 5.41 Å². The van der Waals surface area contributed by atoms with Crippen molar-refractivity contribution in [3.8, 4) is 0 Å². The molecule has 8 atom stereocenters. The van der Waals surface area contributed by atoms with Gasteiger partial charge in [0.2, 0.25) is 11.8 Å². The summed E-state index contributed by atoms with van der Waals surface area (Å²) in [5.41, 5.74) is 4.25. The number of phosphoric ester groups is 3. The van der Waals surface area contributed by atoms with E-state index in [2.05, 4.69) is 41.3 Å². The first-order valence-electron chi connectivity index (χ1n) is 20.3. The van der Waals surface area contributed by atoms with E-state index >= 15 is 0 Å². The van der Waals surface area contributed by atoms with Crippen LogP contribution in [0.25, 0.3) is 11.2 Å². The summed E-state index contributed by atoms with van der Waals surface area (Å²) >= 11 is 1.02. The maximum absolute atomic E-state index is 12.7. The van der Waals surface area contributed by atoms with Crippen LogP contribution in [0.4, 0.5) is 5.82 Å². The summed E-state index contributed by atoms with van der Waals surface area (Å²) in [7, 11) is -16.4. The van der Waals surface area contributed by atoms with Gasteiger partial charge < -0.3 is 56.0 Å². The van der Waals surface area contributed by atoms with Gasteiger partial charge in [-0.15, -0.1) is 0 Å². The number of nitrogens with two attached hydrogens (primary N) is 1. The van der Waals surface area contributed by atoms with Gasteiger partial charge in [-0.25, -0.2) is 28.6 Å². The van der Waals surface area contributed by atoms with Crippen molar-refractivity contribution >= 4 is 69.1 Å². The van der Waals surface area contributed by atoms with Crippen molar-refractivity contribution in [2.24, 2.45) is 5.41 Å². The molecule has 3 heterocycles. The number of nitrogen functional groups attached to an aromatic ring is 1. The third kappa shape index (κ3) is 19.2. The number of imidazole rings is 1. The van der Waals surface area contributed by atoms with Crippen LogP contribution in [-0.4, -0.2) is 134 Å². The quantitative estimate of drug-likeness (QED) is 0.0304. The standard InChI is InChI=1S/C35H60N7O18P3S/c1-4-5-6-7-8-9-10-12-23(43)13-11-14-26(45)64-18-17-37-25(44)15-16-38-33(48)30(47)35(2,3)20-57-63(54,55)60-62(52,53)56-19-24-29(59-61(49,50)51)28(46)34(58-24)42-22-41-27-31(36)39-21-40-32(27)42/h11,13,21-24,28-30,34,43,46-47H,4-10,12,14-20H2,1-3H3,(H,37,44)(H,38,48)(H,52,53)(H,54,55)(H2,36,39,40)(H2,49,50,51)/b13-11+. The molecule has 25 nitrogen and oxygen atoms in total. The molecule has 2 aromatic heterocycles. The molecule has 0 bridgehead atoms. The number of nitrogens with one attached hydrogen (secondary N) is 2. The molecular formula is C35H60N7O18P3S. The number of amides is 2. The van der Waals surface area contributed by atoms with Gasteiger partial charge in [0.15, 0.2) is 22.8 Å². The highest BCUT2D eigenvalue weighted by Crippen LogP contribution is 2.61. The van der Waals surface area contributed by atoms with Gasteiger partial charge in [0.25, 0.3) is 0 Å². The number of aliphatic hydroxyl groups is 3. The highest BCUT2D eigenvalue weighted by atomic mass is 32.2. The van der Waals surface area contributed by atoms with Crippen LogP contribution in [0.1, 0.15) is 91.2 Å². The number of carbonyl (C=O) groups is 3. The summed E-state index contributed by atoms with van der Waals surface area (Å²) in [6, 6.07) is 0. The Hall–Kier alpha value is -2.74. The number of fused-ring (bicyclic) bond motifs is 1. The summed E-state index contributed by atoms with van der Waals surface area (Å²) < 4.78 is 62.3. The van der Waals surface area contributed by atoms with Crippen molar-refractivity contribution in [3.63, 3.8) is 0 Å². The SMILES string of the molecule is CCCCCCCCCC(O)/C=C/CC(=O)SCCNC(=O)CCNC(=O)C(O)C(C)(C)COP(=O)(O)OP(=O)(O)OCC1OC(n2cnc3c(N)ncnc32)C(O)C1OP(=O)(O)O. The zero-order chi connectivity index (χ0) is 47.7. The normalized spacial score (nSPS) is 21.1. The van der Waals surface area contributed by atoms with E-state index in [1.54, 1.807) is 12.2 Å².